The summed E-state index contributed by atoms with van der Waals surface area (Å²) in [6.07, 6.45) is 6.08. The molecule has 0 aliphatic heterocycles. The Morgan fingerprint density at radius 2 is 0.800 bits per heavy atom. The third-order valence-electron chi connectivity index (χ3n) is 1.91. The lowest BCUT2D eigenvalue weighted by Gasteiger charge is -1.88. The van der Waals surface area contributed by atoms with E-state index in [2.05, 4.69) is 47.6 Å². The average Bonchev–Trinajstić information content (AvgIpc) is 2.19. The lowest BCUT2D eigenvalue weighted by atomic mass is 10.2. The van der Waals surface area contributed by atoms with Crippen molar-refractivity contribution in [3.8, 4) is 0 Å². The summed E-state index contributed by atoms with van der Waals surface area (Å²) >= 11 is 0. The minimum atomic E-state index is 1.38. The first-order valence-electron chi connectivity index (χ1n) is 5.60. The van der Waals surface area contributed by atoms with E-state index in [-0.39, 0.29) is 0 Å². The highest BCUT2D eigenvalue weighted by atomic mass is 13.8. The number of allylic oxidation sites excluding steroid dienone is 6. The van der Waals surface area contributed by atoms with E-state index in [1.807, 2.05) is 32.9 Å². The van der Waals surface area contributed by atoms with Crippen molar-refractivity contribution < 1.29 is 0 Å². The maximum atomic E-state index is 2.12. The average molecular weight is 210 g/mol. The van der Waals surface area contributed by atoms with Crippen LogP contribution >= 0.6 is 0 Å². The molecule has 0 fully saturated rings. The summed E-state index contributed by atoms with van der Waals surface area (Å²) in [4.78, 5) is 0. The summed E-state index contributed by atoms with van der Waals surface area (Å²) < 4.78 is 0. The van der Waals surface area contributed by atoms with Crippen LogP contribution in [-0.4, -0.2) is 0 Å². The van der Waals surface area contributed by atoms with Crippen LogP contribution in [0, 0.1) is 0 Å². The Balaban J connectivity index is -0.000000147. The van der Waals surface area contributed by atoms with Crippen LogP contribution in [0.5, 0.6) is 0 Å². The standard InChI is InChI=1S/C6H12.C5H10.C4H8/c1-5(2)6(3)4;1-4-5(2)3;1-3-4-2/h1-4H3;4H,1-3H3;3-4H,1-2H3. The highest BCUT2D eigenvalue weighted by Crippen LogP contribution is 1.96. The van der Waals surface area contributed by atoms with Crippen molar-refractivity contribution >= 4 is 0 Å². The second kappa shape index (κ2) is 15.7. The molecule has 0 spiro atoms. The molecule has 0 unspecified atom stereocenters. The highest BCUT2D eigenvalue weighted by Gasteiger charge is 1.75. The monoisotopic (exact) mass is 210 g/mol. The van der Waals surface area contributed by atoms with E-state index in [4.69, 9.17) is 0 Å². The van der Waals surface area contributed by atoms with E-state index in [1.54, 1.807) is 0 Å². The Kier molecular flexibility index (Phi) is 20.6. The highest BCUT2D eigenvalue weighted by molar-refractivity contribution is 5.02. The molecule has 90 valence electrons. The van der Waals surface area contributed by atoms with Crippen LogP contribution in [0.15, 0.2) is 34.9 Å². The van der Waals surface area contributed by atoms with Crippen LogP contribution in [0.4, 0.5) is 0 Å². The van der Waals surface area contributed by atoms with E-state index in [0.717, 1.165) is 0 Å². The lowest BCUT2D eigenvalue weighted by Crippen LogP contribution is -1.66. The molecule has 0 heterocycles. The molecule has 0 aliphatic rings. The zero-order valence-corrected chi connectivity index (χ0v) is 12.2. The summed E-state index contributed by atoms with van der Waals surface area (Å²) in [5.74, 6) is 0. The minimum Gasteiger partial charge on any atom is -0.0919 e. The van der Waals surface area contributed by atoms with Gasteiger partial charge in [-0.25, -0.2) is 0 Å². The zero-order valence-electron chi connectivity index (χ0n) is 12.2. The Bertz CT molecular complexity index is 176. The molecule has 0 aromatic heterocycles. The third kappa shape index (κ3) is 43.0. The Labute approximate surface area is 97.8 Å². The van der Waals surface area contributed by atoms with E-state index in [1.165, 1.54) is 16.7 Å². The first-order valence-corrected chi connectivity index (χ1v) is 5.60. The summed E-state index contributed by atoms with van der Waals surface area (Å²) in [6, 6.07) is 0. The van der Waals surface area contributed by atoms with Crippen molar-refractivity contribution in [2.45, 2.75) is 62.3 Å². The summed E-state index contributed by atoms with van der Waals surface area (Å²) in [5, 5.41) is 0. The third-order valence-corrected chi connectivity index (χ3v) is 1.91. The van der Waals surface area contributed by atoms with Crippen molar-refractivity contribution in [3.05, 3.63) is 34.9 Å². The van der Waals surface area contributed by atoms with E-state index in [0.29, 0.717) is 0 Å². The molecular weight excluding hydrogens is 180 g/mol. The molecule has 0 aromatic rings. The van der Waals surface area contributed by atoms with Crippen LogP contribution < -0.4 is 0 Å². The molecule has 0 nitrogen and oxygen atoms in total. The van der Waals surface area contributed by atoms with Crippen LogP contribution in [0.2, 0.25) is 0 Å². The van der Waals surface area contributed by atoms with Gasteiger partial charge in [-0.05, 0) is 62.3 Å². The van der Waals surface area contributed by atoms with Gasteiger partial charge in [-0.3, -0.25) is 0 Å². The van der Waals surface area contributed by atoms with Gasteiger partial charge in [-0.15, -0.1) is 0 Å². The topological polar surface area (TPSA) is 0 Å². The van der Waals surface area contributed by atoms with Gasteiger partial charge in [0.25, 0.3) is 0 Å². The molecule has 0 heteroatoms. The fraction of sp³-hybridized carbons (Fsp3) is 0.600. The van der Waals surface area contributed by atoms with Gasteiger partial charge >= 0.3 is 0 Å². The molecular formula is C15H30. The number of hydrogen-bond donors (Lipinski definition) is 0. The van der Waals surface area contributed by atoms with Gasteiger partial charge < -0.3 is 0 Å². The fourth-order valence-electron chi connectivity index (χ4n) is 0. The number of hydrogen-bond acceptors (Lipinski definition) is 0. The second-order valence-electron chi connectivity index (χ2n) is 4.03. The van der Waals surface area contributed by atoms with Gasteiger partial charge in [-0.1, -0.05) is 34.9 Å². The first-order chi connectivity index (χ1) is 6.83. The van der Waals surface area contributed by atoms with Crippen molar-refractivity contribution in [1.29, 1.82) is 0 Å². The Morgan fingerprint density at radius 3 is 0.800 bits per heavy atom. The summed E-state index contributed by atoms with van der Waals surface area (Å²) in [5.41, 5.74) is 4.23. The van der Waals surface area contributed by atoms with E-state index < -0.39 is 0 Å². The molecule has 0 N–H and O–H groups in total. The van der Waals surface area contributed by atoms with E-state index >= 15 is 0 Å². The maximum Gasteiger partial charge on any atom is -0.0440 e. The van der Waals surface area contributed by atoms with Gasteiger partial charge in [-0.2, -0.15) is 0 Å². The quantitative estimate of drug-likeness (QED) is 0.435. The molecule has 0 aromatic carbocycles. The molecule has 0 saturated carbocycles. The summed E-state index contributed by atoms with van der Waals surface area (Å²) in [6.45, 7) is 18.7. The van der Waals surface area contributed by atoms with Gasteiger partial charge in [0.15, 0.2) is 0 Å². The van der Waals surface area contributed by atoms with Gasteiger partial charge in [0.1, 0.15) is 0 Å². The van der Waals surface area contributed by atoms with Crippen LogP contribution in [0.3, 0.4) is 0 Å². The predicted octanol–water partition coefficient (Wildman–Crippen LogP) is 5.92. The second-order valence-corrected chi connectivity index (χ2v) is 4.03. The predicted molar refractivity (Wildman–Crippen MR) is 75.3 cm³/mol. The fourth-order valence-corrected chi connectivity index (χ4v) is 0. The van der Waals surface area contributed by atoms with Crippen LogP contribution in [0.1, 0.15) is 62.3 Å². The molecule has 15 heavy (non-hydrogen) atoms. The van der Waals surface area contributed by atoms with Crippen LogP contribution in [0.25, 0.3) is 0 Å². The Morgan fingerprint density at radius 1 is 0.600 bits per heavy atom. The normalized spacial score (nSPS) is 8.07. The first kappa shape index (κ1) is 19.7. The maximum absolute atomic E-state index is 2.12. The molecule has 0 atom stereocenters. The largest absolute Gasteiger partial charge is 0.0919 e. The van der Waals surface area contributed by atoms with Crippen molar-refractivity contribution in [2.24, 2.45) is 0 Å². The van der Waals surface area contributed by atoms with Crippen molar-refractivity contribution in [3.63, 3.8) is 0 Å². The smallest absolute Gasteiger partial charge is 0.0440 e. The molecule has 0 radical (unpaired) electrons. The molecule has 0 bridgehead atoms. The SMILES string of the molecule is CC(C)=C(C)C.CC=C(C)C.CC=CC. The van der Waals surface area contributed by atoms with Crippen molar-refractivity contribution in [2.75, 3.05) is 0 Å². The van der Waals surface area contributed by atoms with Gasteiger partial charge in [0, 0.05) is 0 Å². The van der Waals surface area contributed by atoms with Gasteiger partial charge in [0.2, 0.25) is 0 Å². The van der Waals surface area contributed by atoms with Crippen molar-refractivity contribution in [1.82, 2.24) is 0 Å². The molecule has 0 amide bonds. The van der Waals surface area contributed by atoms with E-state index in [9.17, 15) is 0 Å². The molecule has 0 rings (SSSR count). The van der Waals surface area contributed by atoms with Gasteiger partial charge in [0.05, 0.1) is 0 Å². The Hall–Kier alpha value is -0.780. The molecule has 0 aliphatic carbocycles. The minimum absolute atomic E-state index is 1.38. The van der Waals surface area contributed by atoms with Crippen LogP contribution in [-0.2, 0) is 0 Å². The lowest BCUT2D eigenvalue weighted by molar-refractivity contribution is 1.23. The summed E-state index contributed by atoms with van der Waals surface area (Å²) in [7, 11) is 0. The zero-order chi connectivity index (χ0) is 12.9. The molecule has 0 saturated heterocycles. The number of rotatable bonds is 0.